The van der Waals surface area contributed by atoms with Crippen molar-refractivity contribution in [1.82, 2.24) is 9.88 Å². The van der Waals surface area contributed by atoms with Crippen LogP contribution in [-0.4, -0.2) is 35.9 Å². The van der Waals surface area contributed by atoms with Crippen LogP contribution in [0, 0.1) is 0 Å². The van der Waals surface area contributed by atoms with Gasteiger partial charge in [-0.3, -0.25) is 4.79 Å². The van der Waals surface area contributed by atoms with E-state index < -0.39 is 0 Å². The number of hydrogen-bond donors (Lipinski definition) is 1. The standard InChI is InChI=1S/C13H19N3O/c1-14-12-9-10(7-8-15-12)13(17)16(2)11-5-3-4-6-11/h7-9,11H,3-6H2,1-2H3,(H,14,15). The Balaban J connectivity index is 2.12. The Morgan fingerprint density at radius 1 is 1.47 bits per heavy atom. The summed E-state index contributed by atoms with van der Waals surface area (Å²) in [5, 5.41) is 2.95. The second-order valence-electron chi connectivity index (χ2n) is 4.53. The second kappa shape index (κ2) is 5.17. The highest BCUT2D eigenvalue weighted by atomic mass is 16.2. The van der Waals surface area contributed by atoms with Crippen molar-refractivity contribution in [2.45, 2.75) is 31.7 Å². The van der Waals surface area contributed by atoms with E-state index in [0.29, 0.717) is 11.6 Å². The highest BCUT2D eigenvalue weighted by Crippen LogP contribution is 2.23. The van der Waals surface area contributed by atoms with Gasteiger partial charge >= 0.3 is 0 Å². The van der Waals surface area contributed by atoms with Crippen LogP contribution in [-0.2, 0) is 0 Å². The van der Waals surface area contributed by atoms with Crippen LogP contribution in [0.25, 0.3) is 0 Å². The van der Waals surface area contributed by atoms with Crippen LogP contribution in [0.2, 0.25) is 0 Å². The molecule has 1 saturated carbocycles. The predicted molar refractivity (Wildman–Crippen MR) is 68.1 cm³/mol. The molecule has 1 amide bonds. The van der Waals surface area contributed by atoms with Crippen LogP contribution >= 0.6 is 0 Å². The molecule has 0 aromatic carbocycles. The van der Waals surface area contributed by atoms with Crippen LogP contribution in [0.3, 0.4) is 0 Å². The maximum absolute atomic E-state index is 12.3. The van der Waals surface area contributed by atoms with Gasteiger partial charge in [-0.2, -0.15) is 0 Å². The van der Waals surface area contributed by atoms with Crippen molar-refractivity contribution in [1.29, 1.82) is 0 Å². The lowest BCUT2D eigenvalue weighted by Crippen LogP contribution is -2.35. The Morgan fingerprint density at radius 2 is 2.18 bits per heavy atom. The lowest BCUT2D eigenvalue weighted by Gasteiger charge is -2.24. The van der Waals surface area contributed by atoms with Gasteiger partial charge in [-0.1, -0.05) is 12.8 Å². The topological polar surface area (TPSA) is 45.2 Å². The molecule has 0 bridgehead atoms. The Kier molecular flexibility index (Phi) is 3.61. The Bertz CT molecular complexity index is 399. The molecule has 4 nitrogen and oxygen atoms in total. The molecule has 2 rings (SSSR count). The zero-order chi connectivity index (χ0) is 12.3. The summed E-state index contributed by atoms with van der Waals surface area (Å²) in [5.41, 5.74) is 0.707. The van der Waals surface area contributed by atoms with Crippen molar-refractivity contribution in [3.63, 3.8) is 0 Å². The van der Waals surface area contributed by atoms with Gasteiger partial charge in [-0.25, -0.2) is 4.98 Å². The SMILES string of the molecule is CNc1cc(C(=O)N(C)C2CCCC2)ccn1. The normalized spacial score (nSPS) is 15.9. The third-order valence-electron chi connectivity index (χ3n) is 3.46. The average Bonchev–Trinajstić information content (AvgIpc) is 2.91. The zero-order valence-corrected chi connectivity index (χ0v) is 10.4. The fraction of sp³-hybridized carbons (Fsp3) is 0.538. The first kappa shape index (κ1) is 11.9. The number of amides is 1. The van der Waals surface area contributed by atoms with E-state index in [1.54, 1.807) is 25.4 Å². The molecule has 92 valence electrons. The van der Waals surface area contributed by atoms with E-state index in [2.05, 4.69) is 10.3 Å². The van der Waals surface area contributed by atoms with Crippen LogP contribution in [0.15, 0.2) is 18.3 Å². The van der Waals surface area contributed by atoms with Crippen molar-refractivity contribution in [3.05, 3.63) is 23.9 Å². The molecule has 0 aliphatic heterocycles. The second-order valence-corrected chi connectivity index (χ2v) is 4.53. The number of nitrogens with zero attached hydrogens (tertiary/aromatic N) is 2. The molecule has 0 radical (unpaired) electrons. The molecule has 1 aliphatic carbocycles. The third-order valence-corrected chi connectivity index (χ3v) is 3.46. The minimum absolute atomic E-state index is 0.0933. The number of nitrogens with one attached hydrogen (secondary N) is 1. The molecule has 1 fully saturated rings. The first-order chi connectivity index (χ1) is 8.22. The quantitative estimate of drug-likeness (QED) is 0.870. The van der Waals surface area contributed by atoms with E-state index in [-0.39, 0.29) is 5.91 Å². The maximum Gasteiger partial charge on any atom is 0.254 e. The highest BCUT2D eigenvalue weighted by Gasteiger charge is 2.24. The number of rotatable bonds is 3. The molecule has 4 heteroatoms. The first-order valence-corrected chi connectivity index (χ1v) is 6.13. The van der Waals surface area contributed by atoms with Gasteiger partial charge < -0.3 is 10.2 Å². The zero-order valence-electron chi connectivity index (χ0n) is 10.4. The smallest absolute Gasteiger partial charge is 0.254 e. The molecule has 0 atom stereocenters. The number of aromatic nitrogens is 1. The Labute approximate surface area is 102 Å². The van der Waals surface area contributed by atoms with Crippen LogP contribution in [0.5, 0.6) is 0 Å². The van der Waals surface area contributed by atoms with Gasteiger partial charge in [-0.15, -0.1) is 0 Å². The maximum atomic E-state index is 12.3. The van der Waals surface area contributed by atoms with Gasteiger partial charge in [0.05, 0.1) is 0 Å². The number of carbonyl (C=O) groups is 1. The van der Waals surface area contributed by atoms with Crippen LogP contribution < -0.4 is 5.32 Å². The van der Waals surface area contributed by atoms with Gasteiger partial charge in [0, 0.05) is 31.9 Å². The van der Waals surface area contributed by atoms with E-state index >= 15 is 0 Å². The van der Waals surface area contributed by atoms with E-state index in [9.17, 15) is 4.79 Å². The fourth-order valence-electron chi connectivity index (χ4n) is 2.36. The fourth-order valence-corrected chi connectivity index (χ4v) is 2.36. The monoisotopic (exact) mass is 233 g/mol. The largest absolute Gasteiger partial charge is 0.373 e. The molecular formula is C13H19N3O. The molecular weight excluding hydrogens is 214 g/mol. The molecule has 17 heavy (non-hydrogen) atoms. The van der Waals surface area contributed by atoms with E-state index in [0.717, 1.165) is 18.7 Å². The molecule has 0 spiro atoms. The summed E-state index contributed by atoms with van der Waals surface area (Å²) < 4.78 is 0. The number of carbonyl (C=O) groups excluding carboxylic acids is 1. The van der Waals surface area contributed by atoms with Crippen molar-refractivity contribution in [2.24, 2.45) is 0 Å². The lowest BCUT2D eigenvalue weighted by molar-refractivity contribution is 0.0735. The van der Waals surface area contributed by atoms with Gasteiger partial charge in [0.1, 0.15) is 5.82 Å². The molecule has 0 saturated heterocycles. The molecule has 1 aromatic heterocycles. The Morgan fingerprint density at radius 3 is 2.82 bits per heavy atom. The summed E-state index contributed by atoms with van der Waals surface area (Å²) in [7, 11) is 3.70. The van der Waals surface area contributed by atoms with E-state index in [4.69, 9.17) is 0 Å². The molecule has 1 aliphatic rings. The molecule has 0 unspecified atom stereocenters. The number of pyridine rings is 1. The third kappa shape index (κ3) is 2.57. The average molecular weight is 233 g/mol. The van der Waals surface area contributed by atoms with Gasteiger partial charge in [0.25, 0.3) is 5.91 Å². The highest BCUT2D eigenvalue weighted by molar-refractivity contribution is 5.94. The summed E-state index contributed by atoms with van der Waals surface area (Å²) >= 11 is 0. The van der Waals surface area contributed by atoms with Gasteiger partial charge in [0.15, 0.2) is 0 Å². The van der Waals surface area contributed by atoms with E-state index in [1.807, 2.05) is 11.9 Å². The summed E-state index contributed by atoms with van der Waals surface area (Å²) in [6.45, 7) is 0. The Hall–Kier alpha value is -1.58. The number of anilines is 1. The van der Waals surface area contributed by atoms with Crippen molar-refractivity contribution >= 4 is 11.7 Å². The van der Waals surface area contributed by atoms with Crippen molar-refractivity contribution in [2.75, 3.05) is 19.4 Å². The van der Waals surface area contributed by atoms with Gasteiger partial charge in [0.2, 0.25) is 0 Å². The van der Waals surface area contributed by atoms with Crippen LogP contribution in [0.4, 0.5) is 5.82 Å². The van der Waals surface area contributed by atoms with Gasteiger partial charge in [-0.05, 0) is 25.0 Å². The summed E-state index contributed by atoms with van der Waals surface area (Å²) in [5.74, 6) is 0.825. The minimum Gasteiger partial charge on any atom is -0.373 e. The van der Waals surface area contributed by atoms with Crippen LogP contribution in [0.1, 0.15) is 36.0 Å². The molecule has 1 N–H and O–H groups in total. The van der Waals surface area contributed by atoms with E-state index in [1.165, 1.54) is 12.8 Å². The first-order valence-electron chi connectivity index (χ1n) is 6.13. The molecule has 1 heterocycles. The van der Waals surface area contributed by atoms with Crippen molar-refractivity contribution in [3.8, 4) is 0 Å². The minimum atomic E-state index is 0.0933. The number of hydrogen-bond acceptors (Lipinski definition) is 3. The van der Waals surface area contributed by atoms with Crippen molar-refractivity contribution < 1.29 is 4.79 Å². The summed E-state index contributed by atoms with van der Waals surface area (Å²) in [6.07, 6.45) is 6.40. The predicted octanol–water partition coefficient (Wildman–Crippen LogP) is 2.14. The summed E-state index contributed by atoms with van der Waals surface area (Å²) in [4.78, 5) is 18.3. The lowest BCUT2D eigenvalue weighted by atomic mass is 10.1. The summed E-state index contributed by atoms with van der Waals surface area (Å²) in [6, 6.07) is 3.98. The molecule has 1 aromatic rings.